The molecule has 0 saturated carbocycles. The zero-order valence-electron chi connectivity index (χ0n) is 75.9. The van der Waals surface area contributed by atoms with Gasteiger partial charge in [-0.15, -0.1) is 0 Å². The third-order valence-electron chi connectivity index (χ3n) is 28.7. The van der Waals surface area contributed by atoms with E-state index >= 15 is 0 Å². The summed E-state index contributed by atoms with van der Waals surface area (Å²) in [6, 6.07) is 178. The Morgan fingerprint density at radius 3 is 0.964 bits per heavy atom. The van der Waals surface area contributed by atoms with Crippen molar-refractivity contribution in [2.24, 2.45) is 0 Å². The number of fused-ring (bicyclic) bond motifs is 25. The monoisotopic (exact) mass is 1780 g/mol. The number of aromatic nitrogens is 9. The van der Waals surface area contributed by atoms with Gasteiger partial charge in [-0.3, -0.25) is 13.7 Å². The summed E-state index contributed by atoms with van der Waals surface area (Å²) in [6.07, 6.45) is 1.99. The van der Waals surface area contributed by atoms with Crippen LogP contribution in [0.4, 0.5) is 0 Å². The molecule has 140 heavy (non-hydrogen) atoms. The van der Waals surface area contributed by atoms with Crippen LogP contribution in [0.1, 0.15) is 0 Å². The molecule has 0 unspecified atom stereocenters. The van der Waals surface area contributed by atoms with Gasteiger partial charge >= 0.3 is 0 Å². The van der Waals surface area contributed by atoms with Crippen LogP contribution in [0, 0.1) is 0 Å². The molecule has 652 valence electrons. The molecule has 0 radical (unpaired) electrons. The lowest BCUT2D eigenvalue weighted by atomic mass is 9.87. The molecule has 0 aliphatic carbocycles. The number of para-hydroxylation sites is 8. The van der Waals surface area contributed by atoms with Gasteiger partial charge in [0, 0.05) is 110 Å². The SMILES string of the molecule is c1ccc(-c2c3ccccc3c(-c3cccc(-n4c5ccccc5c5c6c7ccccc7n(-c7ccccc7)c6ccc54)n3)c3ccccc23)cc1.c1ccc(-c2ccc(-n3c4ccccc4c4cc5c6ccccc6n(-c6c7ccccc7cc7ccccc67)c5cc43)nc2)cc1.c1ccc(-n2c3ccccc3c3c4c5ccccc5n(-c5cccc(-c6cccc7ccccc67)n5)c4ccc32)cc1. The third-order valence-corrected chi connectivity index (χ3v) is 28.7. The molecule has 0 amide bonds. The molecule has 9 aromatic heterocycles. The van der Waals surface area contributed by atoms with Gasteiger partial charge in [-0.1, -0.05) is 358 Å². The molecule has 0 bridgehead atoms. The molecule has 0 aliphatic heterocycles. The van der Waals surface area contributed by atoms with Crippen molar-refractivity contribution in [2.45, 2.75) is 0 Å². The van der Waals surface area contributed by atoms with Crippen molar-refractivity contribution in [2.75, 3.05) is 0 Å². The third kappa shape index (κ3) is 12.5. The van der Waals surface area contributed by atoms with Crippen LogP contribution in [0.5, 0.6) is 0 Å². The second-order valence-corrected chi connectivity index (χ2v) is 36.3. The van der Waals surface area contributed by atoms with Gasteiger partial charge < -0.3 is 13.7 Å². The second kappa shape index (κ2) is 32.5. The fourth-order valence-corrected chi connectivity index (χ4v) is 22.9. The minimum Gasteiger partial charge on any atom is -0.309 e. The van der Waals surface area contributed by atoms with Crippen molar-refractivity contribution in [3.8, 4) is 79.3 Å². The van der Waals surface area contributed by atoms with E-state index in [0.29, 0.717) is 0 Å². The molecule has 0 fully saturated rings. The highest BCUT2D eigenvalue weighted by Crippen LogP contribution is 2.50. The first-order chi connectivity index (χ1) is 69.5. The van der Waals surface area contributed by atoms with E-state index in [9.17, 15) is 0 Å². The average Bonchev–Trinajstić information content (AvgIpc) is 1.54. The van der Waals surface area contributed by atoms with Crippen molar-refractivity contribution >= 4 is 185 Å². The van der Waals surface area contributed by atoms with Crippen molar-refractivity contribution in [1.82, 2.24) is 42.4 Å². The van der Waals surface area contributed by atoms with E-state index in [-0.39, 0.29) is 0 Å². The molecule has 0 N–H and O–H groups in total. The Balaban J connectivity index is 0.000000104. The number of benzene rings is 21. The largest absolute Gasteiger partial charge is 0.309 e. The summed E-state index contributed by atoms with van der Waals surface area (Å²) in [6.45, 7) is 0. The number of nitrogens with zero attached hydrogens (tertiary/aromatic N) is 9. The Morgan fingerprint density at radius 1 is 0.157 bits per heavy atom. The summed E-state index contributed by atoms with van der Waals surface area (Å²) < 4.78 is 14.3. The Morgan fingerprint density at radius 2 is 0.493 bits per heavy atom. The van der Waals surface area contributed by atoms with E-state index in [1.807, 2.05) is 12.3 Å². The van der Waals surface area contributed by atoms with Crippen molar-refractivity contribution in [3.63, 3.8) is 0 Å². The van der Waals surface area contributed by atoms with E-state index in [2.05, 4.69) is 519 Å². The van der Waals surface area contributed by atoms with Crippen LogP contribution >= 0.6 is 0 Å². The molecule has 9 heterocycles. The first-order valence-corrected chi connectivity index (χ1v) is 47.9. The van der Waals surface area contributed by atoms with Crippen LogP contribution in [-0.4, -0.2) is 42.4 Å². The van der Waals surface area contributed by atoms with E-state index in [1.54, 1.807) is 0 Å². The van der Waals surface area contributed by atoms with E-state index < -0.39 is 0 Å². The summed E-state index contributed by atoms with van der Waals surface area (Å²) >= 11 is 0. The molecule has 9 heteroatoms. The van der Waals surface area contributed by atoms with Crippen LogP contribution in [-0.2, 0) is 0 Å². The molecule has 0 aliphatic rings. The minimum atomic E-state index is 0.898. The Hall–Kier alpha value is -18.8. The maximum Gasteiger partial charge on any atom is 0.138 e. The quantitative estimate of drug-likeness (QED) is 0.128. The lowest BCUT2D eigenvalue weighted by molar-refractivity contribution is 1.08. The fourth-order valence-electron chi connectivity index (χ4n) is 22.9. The van der Waals surface area contributed by atoms with E-state index in [0.717, 1.165) is 95.6 Å². The van der Waals surface area contributed by atoms with E-state index in [1.165, 1.54) is 168 Å². The zero-order valence-corrected chi connectivity index (χ0v) is 75.9. The standard InChI is InChI=1S/C49H31N3.C43H27N3.C39H25N3/c1-3-16-32(17-4-1)46-34-20-7-9-22-36(34)47(37-23-10-8-21-35(37)46)40-26-15-29-45(50-40)52-42-28-14-12-25-39(42)49-44(52)31-30-43-48(49)38-24-11-13-27-41(38)51(43)33-18-5-2-6-19-33;1-2-12-28(13-3-1)31-22-23-42(44-27-31)45-38-20-10-8-18-34(38)36-25-37-35-19-9-11-21-39(35)46(41(37)26-40(36)45)43-32-16-6-4-14-29(32)24-30-15-5-7-17-33(30)43;1-2-14-27(15-3-1)41-33-21-8-6-17-30(33)38-35(41)24-25-36-39(38)31-18-7-9-22-34(31)42(36)37-23-11-20-32(40-37)29-19-10-13-26-12-4-5-16-28(26)29/h1-31H;1-27H;1-25H. The van der Waals surface area contributed by atoms with E-state index in [4.69, 9.17) is 15.0 Å². The Kier molecular flexibility index (Phi) is 18.5. The maximum atomic E-state index is 5.54. The highest BCUT2D eigenvalue weighted by atomic mass is 15.1. The normalized spacial score (nSPS) is 11.9. The molecule has 30 rings (SSSR count). The summed E-state index contributed by atoms with van der Waals surface area (Å²) in [5.74, 6) is 2.72. The van der Waals surface area contributed by atoms with Gasteiger partial charge in [0.15, 0.2) is 0 Å². The van der Waals surface area contributed by atoms with Gasteiger partial charge in [0.1, 0.15) is 17.5 Å². The van der Waals surface area contributed by atoms with Crippen LogP contribution in [0.15, 0.2) is 504 Å². The van der Waals surface area contributed by atoms with Crippen LogP contribution in [0.2, 0.25) is 0 Å². The van der Waals surface area contributed by atoms with Crippen molar-refractivity contribution in [3.05, 3.63) is 504 Å². The fraction of sp³-hybridized carbons (Fsp3) is 0. The van der Waals surface area contributed by atoms with Gasteiger partial charge in [-0.25, -0.2) is 15.0 Å². The number of pyridine rings is 3. The minimum absolute atomic E-state index is 0.898. The molecule has 0 spiro atoms. The van der Waals surface area contributed by atoms with Crippen LogP contribution < -0.4 is 0 Å². The Bertz CT molecular complexity index is 10200. The summed E-state index contributed by atoms with van der Waals surface area (Å²) in [5.41, 5.74) is 26.6. The second-order valence-electron chi connectivity index (χ2n) is 36.3. The van der Waals surface area contributed by atoms with Crippen LogP contribution in [0.3, 0.4) is 0 Å². The molecule has 30 aromatic rings. The molecule has 0 atom stereocenters. The number of rotatable bonds is 10. The number of hydrogen-bond acceptors (Lipinski definition) is 3. The Labute approximate surface area is 804 Å². The highest BCUT2D eigenvalue weighted by molar-refractivity contribution is 6.31. The highest BCUT2D eigenvalue weighted by Gasteiger charge is 2.28. The van der Waals surface area contributed by atoms with Gasteiger partial charge in [-0.2, -0.15) is 0 Å². The van der Waals surface area contributed by atoms with Crippen molar-refractivity contribution in [1.29, 1.82) is 0 Å². The van der Waals surface area contributed by atoms with Gasteiger partial charge in [0.25, 0.3) is 0 Å². The van der Waals surface area contributed by atoms with Crippen molar-refractivity contribution < 1.29 is 0 Å². The topological polar surface area (TPSA) is 68.2 Å². The number of hydrogen-bond donors (Lipinski definition) is 0. The first kappa shape index (κ1) is 79.7. The molecule has 0 saturated heterocycles. The van der Waals surface area contributed by atoms with Gasteiger partial charge in [0.05, 0.1) is 83.3 Å². The lowest BCUT2D eigenvalue weighted by Crippen LogP contribution is -1.99. The molecule has 21 aromatic carbocycles. The maximum absolute atomic E-state index is 5.54. The first-order valence-electron chi connectivity index (χ1n) is 47.9. The summed E-state index contributed by atoms with van der Waals surface area (Å²) in [4.78, 5) is 15.9. The lowest BCUT2D eigenvalue weighted by Gasteiger charge is -2.18. The summed E-state index contributed by atoms with van der Waals surface area (Å²) in [5, 5.41) is 27.1. The van der Waals surface area contributed by atoms with Gasteiger partial charge in [0.2, 0.25) is 0 Å². The summed E-state index contributed by atoms with van der Waals surface area (Å²) in [7, 11) is 0. The zero-order chi connectivity index (χ0) is 92.0. The predicted molar refractivity (Wildman–Crippen MR) is 588 cm³/mol. The van der Waals surface area contributed by atoms with Gasteiger partial charge in [-0.05, 0) is 199 Å². The van der Waals surface area contributed by atoms with Crippen LogP contribution in [0.25, 0.3) is 264 Å². The molecular formula is C131H83N9. The average molecular weight is 1780 g/mol. The molecular weight excluding hydrogens is 1700 g/mol. The molecule has 9 nitrogen and oxygen atoms in total. The smallest absolute Gasteiger partial charge is 0.138 e. The predicted octanol–water partition coefficient (Wildman–Crippen LogP) is 34.3.